The first-order valence-corrected chi connectivity index (χ1v) is 3.76. The van der Waals surface area contributed by atoms with Crippen LogP contribution in [-0.4, -0.2) is 19.1 Å². The number of hydrogen-bond donors (Lipinski definition) is 1. The minimum Gasteiger partial charge on any atom is -0.319 e. The van der Waals surface area contributed by atoms with Gasteiger partial charge in [-0.1, -0.05) is 17.7 Å². The Morgan fingerprint density at radius 1 is 1.36 bits per heavy atom. The van der Waals surface area contributed by atoms with Crippen LogP contribution in [-0.2, 0) is 0 Å². The van der Waals surface area contributed by atoms with Crippen LogP contribution in [0.3, 0.4) is 0 Å². The van der Waals surface area contributed by atoms with Gasteiger partial charge in [0.25, 0.3) is 0 Å². The lowest BCUT2D eigenvalue weighted by molar-refractivity contribution is 0.495. The molecule has 0 aliphatic carbocycles. The van der Waals surface area contributed by atoms with Gasteiger partial charge in [0, 0.05) is 19.1 Å². The second kappa shape index (κ2) is 3.60. The molecule has 1 aromatic rings. The van der Waals surface area contributed by atoms with E-state index in [9.17, 15) is 0 Å². The Bertz CT molecular complexity index is 235. The summed E-state index contributed by atoms with van der Waals surface area (Å²) in [4.78, 5) is 0. The van der Waals surface area contributed by atoms with Gasteiger partial charge in [-0.25, -0.2) is 5.01 Å². The predicted octanol–water partition coefficient (Wildman–Crippen LogP) is 2.23. The van der Waals surface area contributed by atoms with Crippen LogP contribution in [0.15, 0.2) is 24.3 Å². The number of anilines is 1. The summed E-state index contributed by atoms with van der Waals surface area (Å²) in [6.45, 7) is 0. The molecule has 0 heterocycles. The van der Waals surface area contributed by atoms with E-state index >= 15 is 0 Å². The molecule has 0 unspecified atom stereocenters. The van der Waals surface area contributed by atoms with Crippen molar-refractivity contribution in [2.24, 2.45) is 0 Å². The van der Waals surface area contributed by atoms with Gasteiger partial charge in [0.15, 0.2) is 0 Å². The molecule has 1 rings (SSSR count). The number of rotatable bonds is 2. The molecule has 0 bridgehead atoms. The molecule has 11 heavy (non-hydrogen) atoms. The summed E-state index contributed by atoms with van der Waals surface area (Å²) in [7, 11) is 3.86. The summed E-state index contributed by atoms with van der Waals surface area (Å²) >= 11 is 5.77. The number of benzene rings is 1. The highest BCUT2D eigenvalue weighted by molar-refractivity contribution is 6.30. The summed E-state index contributed by atoms with van der Waals surface area (Å²) < 4.78 is 0. The fourth-order valence-electron chi connectivity index (χ4n) is 0.816. The maximum absolute atomic E-state index is 5.77. The molecule has 0 atom stereocenters. The van der Waals surface area contributed by atoms with Crippen molar-refractivity contribution in [3.05, 3.63) is 29.3 Å². The Kier molecular flexibility index (Phi) is 2.74. The first-order valence-electron chi connectivity index (χ1n) is 3.38. The van der Waals surface area contributed by atoms with Crippen molar-refractivity contribution in [2.45, 2.75) is 0 Å². The van der Waals surface area contributed by atoms with Crippen molar-refractivity contribution < 1.29 is 0 Å². The average molecular weight is 171 g/mol. The van der Waals surface area contributed by atoms with Gasteiger partial charge in [0.2, 0.25) is 0 Å². The van der Waals surface area contributed by atoms with Crippen LogP contribution in [0.4, 0.5) is 5.69 Å². The molecular formula is C8H11ClN2. The van der Waals surface area contributed by atoms with Crippen LogP contribution in [0.5, 0.6) is 0 Å². The minimum absolute atomic E-state index is 0.747. The fourth-order valence-corrected chi connectivity index (χ4v) is 1.01. The molecule has 60 valence electrons. The summed E-state index contributed by atoms with van der Waals surface area (Å²) in [5, 5.41) is 2.61. The van der Waals surface area contributed by atoms with Gasteiger partial charge in [-0.15, -0.1) is 0 Å². The average Bonchev–Trinajstić information content (AvgIpc) is 1.85. The zero-order valence-electron chi connectivity index (χ0n) is 6.63. The van der Waals surface area contributed by atoms with Crippen molar-refractivity contribution >= 4 is 17.3 Å². The minimum atomic E-state index is 0.747. The molecule has 0 amide bonds. The van der Waals surface area contributed by atoms with Crippen LogP contribution < -0.4 is 5.43 Å². The molecule has 0 aliphatic rings. The lowest BCUT2D eigenvalue weighted by atomic mass is 10.3. The largest absolute Gasteiger partial charge is 0.319 e. The van der Waals surface area contributed by atoms with E-state index in [1.807, 2.05) is 43.4 Å². The van der Waals surface area contributed by atoms with Gasteiger partial charge in [0.05, 0.1) is 5.69 Å². The Labute approximate surface area is 71.7 Å². The molecule has 1 aromatic carbocycles. The number of hydrogen-bond acceptors (Lipinski definition) is 2. The standard InChI is InChI=1S/C8H11ClN2/c1-11(2)10-8-5-3-4-7(9)6-8/h3-6,10H,1-2H3. The van der Waals surface area contributed by atoms with Crippen LogP contribution >= 0.6 is 11.6 Å². The fraction of sp³-hybridized carbons (Fsp3) is 0.250. The van der Waals surface area contributed by atoms with Gasteiger partial charge in [-0.2, -0.15) is 0 Å². The zero-order valence-corrected chi connectivity index (χ0v) is 7.39. The van der Waals surface area contributed by atoms with E-state index in [2.05, 4.69) is 5.43 Å². The number of hydrazine groups is 1. The molecule has 2 nitrogen and oxygen atoms in total. The third kappa shape index (κ3) is 2.78. The maximum atomic E-state index is 5.77. The van der Waals surface area contributed by atoms with E-state index in [0.717, 1.165) is 10.7 Å². The second-order valence-electron chi connectivity index (χ2n) is 2.52. The van der Waals surface area contributed by atoms with E-state index in [1.54, 1.807) is 0 Å². The zero-order chi connectivity index (χ0) is 8.27. The van der Waals surface area contributed by atoms with Gasteiger partial charge in [-0.3, -0.25) is 0 Å². The van der Waals surface area contributed by atoms with Crippen molar-refractivity contribution in [3.63, 3.8) is 0 Å². The van der Waals surface area contributed by atoms with Gasteiger partial charge < -0.3 is 5.43 Å². The molecule has 0 saturated heterocycles. The van der Waals surface area contributed by atoms with E-state index in [1.165, 1.54) is 0 Å². The predicted molar refractivity (Wildman–Crippen MR) is 48.8 cm³/mol. The van der Waals surface area contributed by atoms with E-state index in [4.69, 9.17) is 11.6 Å². The topological polar surface area (TPSA) is 15.3 Å². The van der Waals surface area contributed by atoms with Gasteiger partial charge in [0.1, 0.15) is 0 Å². The molecule has 3 heteroatoms. The highest BCUT2D eigenvalue weighted by Gasteiger charge is 1.92. The van der Waals surface area contributed by atoms with Gasteiger partial charge >= 0.3 is 0 Å². The lowest BCUT2D eigenvalue weighted by Gasteiger charge is -2.12. The van der Waals surface area contributed by atoms with Crippen LogP contribution in [0, 0.1) is 0 Å². The monoisotopic (exact) mass is 170 g/mol. The third-order valence-corrected chi connectivity index (χ3v) is 1.41. The van der Waals surface area contributed by atoms with Crippen molar-refractivity contribution in [1.82, 2.24) is 5.01 Å². The van der Waals surface area contributed by atoms with Crippen molar-refractivity contribution in [2.75, 3.05) is 19.5 Å². The highest BCUT2D eigenvalue weighted by atomic mass is 35.5. The number of nitrogens with one attached hydrogen (secondary N) is 1. The van der Waals surface area contributed by atoms with Crippen molar-refractivity contribution in [1.29, 1.82) is 0 Å². The second-order valence-corrected chi connectivity index (χ2v) is 2.95. The smallest absolute Gasteiger partial charge is 0.0504 e. The molecule has 0 radical (unpaired) electrons. The summed E-state index contributed by atoms with van der Waals surface area (Å²) in [5.74, 6) is 0. The molecule has 0 aliphatic heterocycles. The van der Waals surface area contributed by atoms with Gasteiger partial charge in [-0.05, 0) is 18.2 Å². The number of halogens is 1. The first-order chi connectivity index (χ1) is 5.18. The Balaban J connectivity index is 2.71. The lowest BCUT2D eigenvalue weighted by Crippen LogP contribution is -2.19. The SMILES string of the molecule is CN(C)Nc1cccc(Cl)c1. The van der Waals surface area contributed by atoms with Crippen molar-refractivity contribution in [3.8, 4) is 0 Å². The molecule has 0 saturated carbocycles. The summed E-state index contributed by atoms with van der Waals surface area (Å²) in [6.07, 6.45) is 0. The Morgan fingerprint density at radius 2 is 2.09 bits per heavy atom. The first kappa shape index (κ1) is 8.37. The molecule has 1 N–H and O–H groups in total. The van der Waals surface area contributed by atoms with Crippen LogP contribution in [0.2, 0.25) is 5.02 Å². The highest BCUT2D eigenvalue weighted by Crippen LogP contribution is 2.14. The quantitative estimate of drug-likeness (QED) is 0.685. The Hall–Kier alpha value is -0.730. The summed E-state index contributed by atoms with van der Waals surface area (Å²) in [6, 6.07) is 7.60. The normalized spacial score (nSPS) is 10.2. The molecule has 0 spiro atoms. The maximum Gasteiger partial charge on any atom is 0.0504 e. The molecular weight excluding hydrogens is 160 g/mol. The third-order valence-electron chi connectivity index (χ3n) is 1.18. The Morgan fingerprint density at radius 3 is 2.64 bits per heavy atom. The number of nitrogens with zero attached hydrogens (tertiary/aromatic N) is 1. The van der Waals surface area contributed by atoms with Crippen LogP contribution in [0.25, 0.3) is 0 Å². The van der Waals surface area contributed by atoms with E-state index in [-0.39, 0.29) is 0 Å². The van der Waals surface area contributed by atoms with E-state index in [0.29, 0.717) is 0 Å². The van der Waals surface area contributed by atoms with E-state index < -0.39 is 0 Å². The molecule has 0 aromatic heterocycles. The summed E-state index contributed by atoms with van der Waals surface area (Å²) in [5.41, 5.74) is 4.10. The van der Waals surface area contributed by atoms with Crippen LogP contribution in [0.1, 0.15) is 0 Å². The molecule has 0 fully saturated rings.